The fourth-order valence-corrected chi connectivity index (χ4v) is 10.5. The SMILES string of the molecule is CCCCCC(=O)N(C)[C@@H](c1ccccc1)[C@@H](O)C(=O)O[C@H]1C[C@]2(O)[C@@H](OC(=O)c3ccccc3)C3[C@](C)(C(=O)[C@H](OC(C)=O)C(=C1C)C2(C)C)[C@@H](O)C[C@H]1OC[C@@]31OC(C)=O. The molecule has 0 aromatic heterocycles. The van der Waals surface area contributed by atoms with E-state index in [2.05, 4.69) is 0 Å². The number of fused-ring (bicyclic) bond motifs is 5. The third kappa shape index (κ3) is 7.86. The van der Waals surface area contributed by atoms with Crippen LogP contribution in [0.25, 0.3) is 0 Å². The Labute approximate surface area is 361 Å². The summed E-state index contributed by atoms with van der Waals surface area (Å²) in [7, 11) is 1.49. The fraction of sp³-hybridized carbons (Fsp3) is 0.574. The van der Waals surface area contributed by atoms with Gasteiger partial charge in [0, 0.05) is 45.6 Å². The molecule has 2 bridgehead atoms. The maximum Gasteiger partial charge on any atom is 0.338 e. The Hall–Kier alpha value is -4.96. The highest BCUT2D eigenvalue weighted by Crippen LogP contribution is 2.64. The topological polar surface area (TPSA) is 212 Å². The first-order valence-corrected chi connectivity index (χ1v) is 21.3. The number of Topliss-reactive ketones (excluding diaryl/α,β-unsaturated/α-hetero) is 1. The molecule has 2 aromatic rings. The predicted octanol–water partition coefficient (Wildman–Crippen LogP) is 4.34. The number of nitrogens with zero attached hydrogens (tertiary/aromatic N) is 1. The molecule has 3 fully saturated rings. The summed E-state index contributed by atoms with van der Waals surface area (Å²) in [6, 6.07) is 15.2. The van der Waals surface area contributed by atoms with Gasteiger partial charge in [-0.25, -0.2) is 9.59 Å². The maximum atomic E-state index is 15.5. The second kappa shape index (κ2) is 17.7. The molecule has 6 rings (SSSR count). The van der Waals surface area contributed by atoms with Crippen LogP contribution in [0.15, 0.2) is 71.8 Å². The highest BCUT2D eigenvalue weighted by molar-refractivity contribution is 5.95. The number of carbonyl (C=O) groups excluding carboxylic acids is 6. The minimum Gasteiger partial charge on any atom is -0.456 e. The number of amides is 1. The second-order valence-corrected chi connectivity index (χ2v) is 17.9. The van der Waals surface area contributed by atoms with Crippen molar-refractivity contribution in [1.82, 2.24) is 4.90 Å². The molecule has 1 aliphatic heterocycles. The molecule has 1 heterocycles. The van der Waals surface area contributed by atoms with Crippen molar-refractivity contribution in [2.24, 2.45) is 16.7 Å². The van der Waals surface area contributed by atoms with E-state index in [1.54, 1.807) is 69.3 Å². The molecule has 15 nitrogen and oxygen atoms in total. The van der Waals surface area contributed by atoms with Crippen LogP contribution in [0, 0.1) is 16.7 Å². The molecule has 4 aliphatic rings. The largest absolute Gasteiger partial charge is 0.456 e. The number of aliphatic hydroxyl groups is 3. The minimum atomic E-state index is -2.37. The number of ketones is 1. The molecule has 2 saturated carbocycles. The lowest BCUT2D eigenvalue weighted by atomic mass is 9.44. The van der Waals surface area contributed by atoms with Gasteiger partial charge in [-0.05, 0) is 49.1 Å². The van der Waals surface area contributed by atoms with Gasteiger partial charge >= 0.3 is 23.9 Å². The van der Waals surface area contributed by atoms with Gasteiger partial charge < -0.3 is 43.9 Å². The van der Waals surface area contributed by atoms with E-state index in [0.717, 1.165) is 26.7 Å². The van der Waals surface area contributed by atoms with E-state index in [-0.39, 0.29) is 42.1 Å². The Morgan fingerprint density at radius 2 is 1.55 bits per heavy atom. The third-order valence-corrected chi connectivity index (χ3v) is 13.9. The number of ether oxygens (including phenoxy) is 5. The summed E-state index contributed by atoms with van der Waals surface area (Å²) in [5.41, 5.74) is -7.08. The predicted molar refractivity (Wildman–Crippen MR) is 221 cm³/mol. The minimum absolute atomic E-state index is 0.0164. The quantitative estimate of drug-likeness (QED) is 0.111. The van der Waals surface area contributed by atoms with E-state index < -0.39 is 107 Å². The lowest BCUT2D eigenvalue weighted by Gasteiger charge is -2.67. The van der Waals surface area contributed by atoms with Gasteiger partial charge in [-0.3, -0.25) is 19.2 Å². The highest BCUT2D eigenvalue weighted by atomic mass is 16.6. The van der Waals surface area contributed by atoms with Crippen LogP contribution in [-0.2, 0) is 47.7 Å². The van der Waals surface area contributed by atoms with Crippen LogP contribution in [0.4, 0.5) is 0 Å². The lowest BCUT2D eigenvalue weighted by Crippen LogP contribution is -2.82. The van der Waals surface area contributed by atoms with Gasteiger partial charge in [-0.1, -0.05) is 82.1 Å². The van der Waals surface area contributed by atoms with Crippen molar-refractivity contribution >= 4 is 35.6 Å². The van der Waals surface area contributed by atoms with Crippen LogP contribution in [0.5, 0.6) is 0 Å². The number of aliphatic hydroxyl groups excluding tert-OH is 2. The summed E-state index contributed by atoms with van der Waals surface area (Å²) >= 11 is 0. The van der Waals surface area contributed by atoms with Gasteiger partial charge in [0.15, 0.2) is 23.6 Å². The lowest BCUT2D eigenvalue weighted by molar-refractivity contribution is -0.346. The summed E-state index contributed by atoms with van der Waals surface area (Å²) in [6.45, 7) is 10.1. The van der Waals surface area contributed by atoms with E-state index in [1.165, 1.54) is 31.0 Å². The molecule has 1 unspecified atom stereocenters. The highest BCUT2D eigenvalue weighted by Gasteiger charge is 2.78. The molecule has 3 aliphatic carbocycles. The Morgan fingerprint density at radius 3 is 2.11 bits per heavy atom. The van der Waals surface area contributed by atoms with Crippen molar-refractivity contribution in [3.8, 4) is 0 Å². The summed E-state index contributed by atoms with van der Waals surface area (Å²) in [5, 5.41) is 37.7. The van der Waals surface area contributed by atoms with Gasteiger partial charge in [0.1, 0.15) is 23.9 Å². The molecule has 3 N–H and O–H groups in total. The van der Waals surface area contributed by atoms with E-state index in [4.69, 9.17) is 23.7 Å². The Morgan fingerprint density at radius 1 is 0.919 bits per heavy atom. The van der Waals surface area contributed by atoms with E-state index in [1.807, 2.05) is 6.92 Å². The van der Waals surface area contributed by atoms with Crippen molar-refractivity contribution in [1.29, 1.82) is 0 Å². The first kappa shape index (κ1) is 46.5. The summed E-state index contributed by atoms with van der Waals surface area (Å²) < 4.78 is 30.4. The molecule has 336 valence electrons. The van der Waals surface area contributed by atoms with Crippen LogP contribution in [-0.4, -0.2) is 117 Å². The van der Waals surface area contributed by atoms with Gasteiger partial charge in [0.25, 0.3) is 0 Å². The van der Waals surface area contributed by atoms with Crippen molar-refractivity contribution < 1.29 is 67.8 Å². The molecular weight excluding hydrogens is 803 g/mol. The summed E-state index contributed by atoms with van der Waals surface area (Å²) in [6.07, 6.45) is -7.86. The fourth-order valence-electron chi connectivity index (χ4n) is 10.5. The summed E-state index contributed by atoms with van der Waals surface area (Å²) in [5.74, 6) is -6.44. The Bertz CT molecular complexity index is 2090. The van der Waals surface area contributed by atoms with E-state index in [9.17, 15) is 39.3 Å². The molecule has 0 spiro atoms. The number of likely N-dealkylation sites (N-methyl/N-ethyl adjacent to an activating group) is 1. The average Bonchev–Trinajstić information content (AvgIpc) is 3.22. The van der Waals surface area contributed by atoms with E-state index >= 15 is 4.79 Å². The molecule has 0 radical (unpaired) electrons. The third-order valence-electron chi connectivity index (χ3n) is 13.9. The molecule has 2 aromatic carbocycles. The second-order valence-electron chi connectivity index (χ2n) is 17.9. The molecule has 1 saturated heterocycles. The number of carbonyl (C=O) groups is 6. The monoisotopic (exact) mass is 861 g/mol. The van der Waals surface area contributed by atoms with Gasteiger partial charge in [-0.15, -0.1) is 0 Å². The van der Waals surface area contributed by atoms with Crippen molar-refractivity contribution in [3.05, 3.63) is 82.9 Å². The van der Waals surface area contributed by atoms with Crippen molar-refractivity contribution in [3.63, 3.8) is 0 Å². The van der Waals surface area contributed by atoms with Crippen LogP contribution in [0.2, 0.25) is 0 Å². The first-order chi connectivity index (χ1) is 29.2. The number of esters is 4. The van der Waals surface area contributed by atoms with Crippen LogP contribution < -0.4 is 0 Å². The molecule has 11 atom stereocenters. The number of unbranched alkanes of at least 4 members (excludes halogenated alkanes) is 2. The normalized spacial score (nSPS) is 32.0. The average molecular weight is 862 g/mol. The maximum absolute atomic E-state index is 15.5. The van der Waals surface area contributed by atoms with Crippen LogP contribution >= 0.6 is 0 Å². The molecule has 62 heavy (non-hydrogen) atoms. The number of hydrogen-bond donors (Lipinski definition) is 3. The molecule has 1 amide bonds. The first-order valence-electron chi connectivity index (χ1n) is 21.3. The van der Waals surface area contributed by atoms with Crippen molar-refractivity contribution in [2.75, 3.05) is 13.7 Å². The van der Waals surface area contributed by atoms with Crippen LogP contribution in [0.1, 0.15) is 109 Å². The Balaban J connectivity index is 1.53. The number of benzene rings is 2. The zero-order valence-electron chi connectivity index (χ0n) is 36.6. The van der Waals surface area contributed by atoms with Gasteiger partial charge in [0.2, 0.25) is 5.91 Å². The van der Waals surface area contributed by atoms with Gasteiger partial charge in [0.05, 0.1) is 35.6 Å². The zero-order chi connectivity index (χ0) is 45.5. The standard InChI is InChI=1S/C47H59NO14/c1-9-10-13-22-34(52)48(8)36(29-18-14-11-15-19-29)37(53)43(56)60-31-24-47(57)41(61-42(55)30-20-16-12-17-21-30)39-45(7,32(51)23-33-46(39,25-58-33)62-28(4)50)40(54)38(59-27(3)49)35(26(31)2)44(47,5)6/h11-12,14-21,31-33,36-39,41,51,53,57H,9-10,13,22-25H2,1-8H3/t31-,32-,33+,36-,37+,38+,39?,41-,45+,46-,47-/m0/s1. The number of rotatable bonds is 13. The van der Waals surface area contributed by atoms with Gasteiger partial charge in [-0.2, -0.15) is 0 Å². The summed E-state index contributed by atoms with van der Waals surface area (Å²) in [4.78, 5) is 84.9. The number of hydrogen-bond acceptors (Lipinski definition) is 14. The van der Waals surface area contributed by atoms with E-state index in [0.29, 0.717) is 12.0 Å². The molecular formula is C47H59NO14. The molecule has 15 heteroatoms. The smallest absolute Gasteiger partial charge is 0.338 e. The Kier molecular flexibility index (Phi) is 13.3. The zero-order valence-corrected chi connectivity index (χ0v) is 36.6. The van der Waals surface area contributed by atoms with Crippen LogP contribution in [0.3, 0.4) is 0 Å². The van der Waals surface area contributed by atoms with Crippen molar-refractivity contribution in [2.45, 2.75) is 141 Å².